The van der Waals surface area contributed by atoms with Crippen LogP contribution in [0.15, 0.2) is 22.6 Å². The molecule has 8 heteroatoms. The maximum absolute atomic E-state index is 12.9. The Morgan fingerprint density at radius 2 is 1.68 bits per heavy atom. The number of anilines is 1. The Kier molecular flexibility index (Phi) is 4.70. The van der Waals surface area contributed by atoms with E-state index in [9.17, 15) is 4.79 Å². The van der Waals surface area contributed by atoms with Crippen molar-refractivity contribution < 1.29 is 9.21 Å². The van der Waals surface area contributed by atoms with Gasteiger partial charge in [-0.25, -0.2) is 9.97 Å². The third kappa shape index (κ3) is 3.42. The summed E-state index contributed by atoms with van der Waals surface area (Å²) in [7, 11) is 0. The molecule has 28 heavy (non-hydrogen) atoms. The van der Waals surface area contributed by atoms with Gasteiger partial charge in [0.2, 0.25) is 5.89 Å². The van der Waals surface area contributed by atoms with Crippen LogP contribution in [0.2, 0.25) is 0 Å². The van der Waals surface area contributed by atoms with Crippen LogP contribution >= 0.6 is 0 Å². The van der Waals surface area contributed by atoms with E-state index in [2.05, 4.69) is 20.2 Å². The molecule has 3 heterocycles. The number of amides is 1. The van der Waals surface area contributed by atoms with Crippen LogP contribution in [0.25, 0.3) is 11.0 Å². The van der Waals surface area contributed by atoms with Crippen molar-refractivity contribution in [3.63, 3.8) is 0 Å². The van der Waals surface area contributed by atoms with E-state index in [1.54, 1.807) is 0 Å². The third-order valence-electron chi connectivity index (χ3n) is 5.08. The SMILES string of the molecule is Cc1nc2ccc(C(=O)N3CCN(c4nnc(C(C)C)o4)CC3)cc2nc1C. The lowest BCUT2D eigenvalue weighted by Crippen LogP contribution is -2.49. The highest BCUT2D eigenvalue weighted by atomic mass is 16.4. The number of nitrogens with zero attached hydrogens (tertiary/aromatic N) is 6. The van der Waals surface area contributed by atoms with Gasteiger partial charge in [0.1, 0.15) is 0 Å². The molecule has 2 aromatic heterocycles. The highest BCUT2D eigenvalue weighted by Gasteiger charge is 2.25. The first-order chi connectivity index (χ1) is 13.4. The molecule has 1 saturated heterocycles. The lowest BCUT2D eigenvalue weighted by molar-refractivity contribution is 0.0745. The van der Waals surface area contributed by atoms with E-state index in [0.717, 1.165) is 22.4 Å². The normalized spacial score (nSPS) is 14.9. The highest BCUT2D eigenvalue weighted by molar-refractivity contribution is 5.97. The van der Waals surface area contributed by atoms with Crippen molar-refractivity contribution in [2.45, 2.75) is 33.6 Å². The number of hydrogen-bond acceptors (Lipinski definition) is 7. The number of carbonyl (C=O) groups excluding carboxylic acids is 1. The van der Waals surface area contributed by atoms with Crippen LogP contribution in [0.4, 0.5) is 6.01 Å². The molecular formula is C20H24N6O2. The second-order valence-corrected chi connectivity index (χ2v) is 7.45. The molecule has 1 fully saturated rings. The molecule has 0 spiro atoms. The maximum Gasteiger partial charge on any atom is 0.318 e. The Hall–Kier alpha value is -3.03. The first kappa shape index (κ1) is 18.3. The van der Waals surface area contributed by atoms with E-state index in [1.165, 1.54) is 0 Å². The number of piperazine rings is 1. The molecule has 0 N–H and O–H groups in total. The van der Waals surface area contributed by atoms with Gasteiger partial charge in [0.05, 0.1) is 22.4 Å². The molecule has 0 aliphatic carbocycles. The van der Waals surface area contributed by atoms with Crippen LogP contribution < -0.4 is 4.90 Å². The maximum atomic E-state index is 12.9. The zero-order chi connectivity index (χ0) is 19.8. The number of fused-ring (bicyclic) bond motifs is 1. The van der Waals surface area contributed by atoms with Crippen LogP contribution in [0, 0.1) is 13.8 Å². The van der Waals surface area contributed by atoms with E-state index in [1.807, 2.05) is 55.7 Å². The van der Waals surface area contributed by atoms with Gasteiger partial charge in [-0.05, 0) is 32.0 Å². The van der Waals surface area contributed by atoms with Gasteiger partial charge in [0, 0.05) is 37.7 Å². The molecule has 1 amide bonds. The largest absolute Gasteiger partial charge is 0.408 e. The fraction of sp³-hybridized carbons (Fsp3) is 0.450. The lowest BCUT2D eigenvalue weighted by Gasteiger charge is -2.33. The predicted molar refractivity (Wildman–Crippen MR) is 106 cm³/mol. The summed E-state index contributed by atoms with van der Waals surface area (Å²) < 4.78 is 5.72. The van der Waals surface area contributed by atoms with Crippen molar-refractivity contribution in [2.75, 3.05) is 31.1 Å². The van der Waals surface area contributed by atoms with Gasteiger partial charge in [0.25, 0.3) is 5.91 Å². The Labute approximate surface area is 163 Å². The van der Waals surface area contributed by atoms with Crippen LogP contribution in [-0.2, 0) is 0 Å². The summed E-state index contributed by atoms with van der Waals surface area (Å²) >= 11 is 0. The molecule has 146 valence electrons. The van der Waals surface area contributed by atoms with Crippen molar-refractivity contribution >= 4 is 23.0 Å². The summed E-state index contributed by atoms with van der Waals surface area (Å²) in [5, 5.41) is 8.21. The molecule has 1 aliphatic heterocycles. The Bertz CT molecular complexity index is 1020. The smallest absolute Gasteiger partial charge is 0.318 e. The summed E-state index contributed by atoms with van der Waals surface area (Å²) in [6.45, 7) is 10.4. The van der Waals surface area contributed by atoms with Gasteiger partial charge >= 0.3 is 6.01 Å². The van der Waals surface area contributed by atoms with E-state index in [-0.39, 0.29) is 11.8 Å². The average molecular weight is 380 g/mol. The average Bonchev–Trinajstić information content (AvgIpc) is 3.19. The predicted octanol–water partition coefficient (Wildman–Crippen LogP) is 2.72. The van der Waals surface area contributed by atoms with Gasteiger partial charge in [0.15, 0.2) is 0 Å². The van der Waals surface area contributed by atoms with Crippen molar-refractivity contribution in [3.05, 3.63) is 41.0 Å². The molecular weight excluding hydrogens is 356 g/mol. The van der Waals surface area contributed by atoms with E-state index >= 15 is 0 Å². The van der Waals surface area contributed by atoms with Gasteiger partial charge in [-0.2, -0.15) is 0 Å². The Morgan fingerprint density at radius 3 is 2.32 bits per heavy atom. The van der Waals surface area contributed by atoms with Crippen molar-refractivity contribution in [3.8, 4) is 0 Å². The number of benzene rings is 1. The summed E-state index contributed by atoms with van der Waals surface area (Å²) in [5.74, 6) is 0.846. The van der Waals surface area contributed by atoms with Crippen molar-refractivity contribution in [2.24, 2.45) is 0 Å². The van der Waals surface area contributed by atoms with Gasteiger partial charge in [-0.1, -0.05) is 18.9 Å². The first-order valence-corrected chi connectivity index (χ1v) is 9.55. The number of aromatic nitrogens is 4. The second kappa shape index (κ2) is 7.18. The standard InChI is InChI=1S/C20H24N6O2/c1-12(2)18-23-24-20(28-18)26-9-7-25(8-10-26)19(27)15-5-6-16-17(11-15)22-14(4)13(3)21-16/h5-6,11-12H,7-10H2,1-4H3. The van der Waals surface area contributed by atoms with Crippen LogP contribution in [0.1, 0.15) is 47.4 Å². The minimum atomic E-state index is 0.00924. The summed E-state index contributed by atoms with van der Waals surface area (Å²) in [6.07, 6.45) is 0. The van der Waals surface area contributed by atoms with Gasteiger partial charge in [-0.15, -0.1) is 5.10 Å². The molecule has 3 aromatic rings. The molecule has 4 rings (SSSR count). The fourth-order valence-electron chi connectivity index (χ4n) is 3.23. The molecule has 1 aromatic carbocycles. The monoisotopic (exact) mass is 380 g/mol. The van der Waals surface area contributed by atoms with Crippen LogP contribution in [0.3, 0.4) is 0 Å². The molecule has 1 aliphatic rings. The quantitative estimate of drug-likeness (QED) is 0.690. The molecule has 0 saturated carbocycles. The summed E-state index contributed by atoms with van der Waals surface area (Å²) in [6, 6.07) is 6.05. The highest BCUT2D eigenvalue weighted by Crippen LogP contribution is 2.21. The molecule has 8 nitrogen and oxygen atoms in total. The molecule has 0 radical (unpaired) electrons. The van der Waals surface area contributed by atoms with E-state index in [0.29, 0.717) is 43.6 Å². The fourth-order valence-corrected chi connectivity index (χ4v) is 3.23. The number of carbonyl (C=O) groups is 1. The lowest BCUT2D eigenvalue weighted by atomic mass is 10.1. The van der Waals surface area contributed by atoms with Gasteiger partial charge in [-0.3, -0.25) is 4.79 Å². The third-order valence-corrected chi connectivity index (χ3v) is 5.08. The van der Waals surface area contributed by atoms with Crippen LogP contribution in [-0.4, -0.2) is 57.2 Å². The van der Waals surface area contributed by atoms with E-state index < -0.39 is 0 Å². The van der Waals surface area contributed by atoms with Crippen LogP contribution in [0.5, 0.6) is 0 Å². The molecule has 0 atom stereocenters. The minimum absolute atomic E-state index is 0.00924. The molecule has 0 unspecified atom stereocenters. The minimum Gasteiger partial charge on any atom is -0.408 e. The Balaban J connectivity index is 1.46. The number of rotatable bonds is 3. The molecule has 0 bridgehead atoms. The number of aryl methyl sites for hydroxylation is 2. The van der Waals surface area contributed by atoms with Crippen molar-refractivity contribution in [1.82, 2.24) is 25.1 Å². The topological polar surface area (TPSA) is 88.3 Å². The zero-order valence-corrected chi connectivity index (χ0v) is 16.6. The number of hydrogen-bond donors (Lipinski definition) is 0. The first-order valence-electron chi connectivity index (χ1n) is 9.55. The zero-order valence-electron chi connectivity index (χ0n) is 16.6. The van der Waals surface area contributed by atoms with Gasteiger partial charge < -0.3 is 14.2 Å². The second-order valence-electron chi connectivity index (χ2n) is 7.45. The summed E-state index contributed by atoms with van der Waals surface area (Å²) in [5.41, 5.74) is 3.98. The summed E-state index contributed by atoms with van der Waals surface area (Å²) in [4.78, 5) is 25.9. The van der Waals surface area contributed by atoms with E-state index in [4.69, 9.17) is 4.42 Å². The Morgan fingerprint density at radius 1 is 1.00 bits per heavy atom. The van der Waals surface area contributed by atoms with Crippen molar-refractivity contribution in [1.29, 1.82) is 0 Å².